The molecule has 1 rings (SSSR count). The first-order valence-corrected chi connectivity index (χ1v) is 8.65. The molecular weight excluding hydrogens is 280 g/mol. The third-order valence-electron chi connectivity index (χ3n) is 3.78. The van der Waals surface area contributed by atoms with Crippen LogP contribution in [-0.4, -0.2) is 30.5 Å². The Balaban J connectivity index is 0.00000324. The molecule has 0 heterocycles. The van der Waals surface area contributed by atoms with Crippen LogP contribution in [0.15, 0.2) is 0 Å². The summed E-state index contributed by atoms with van der Waals surface area (Å²) in [6.07, 6.45) is 12.2. The van der Waals surface area contributed by atoms with Crippen LogP contribution in [0, 0.1) is 5.92 Å². The predicted octanol–water partition coefficient (Wildman–Crippen LogP) is 2.97. The molecule has 0 spiro atoms. The molecule has 0 aromatic rings. The lowest BCUT2D eigenvalue weighted by Gasteiger charge is -2.21. The maximum absolute atomic E-state index is 11.7. The van der Waals surface area contributed by atoms with Gasteiger partial charge < -0.3 is 11.1 Å². The van der Waals surface area contributed by atoms with E-state index in [1.807, 2.05) is 6.26 Å². The van der Waals surface area contributed by atoms with Crippen molar-refractivity contribution in [3.8, 4) is 0 Å². The van der Waals surface area contributed by atoms with Gasteiger partial charge in [-0.25, -0.2) is 0 Å². The van der Waals surface area contributed by atoms with E-state index in [1.54, 1.807) is 11.8 Å². The number of hydrogen-bond acceptors (Lipinski definition) is 3. The van der Waals surface area contributed by atoms with E-state index in [0.29, 0.717) is 0 Å². The van der Waals surface area contributed by atoms with E-state index in [4.69, 9.17) is 5.73 Å². The second-order valence-electron chi connectivity index (χ2n) is 5.33. The highest BCUT2D eigenvalue weighted by Gasteiger charge is 2.14. The summed E-state index contributed by atoms with van der Waals surface area (Å²) in [5.41, 5.74) is 5.80. The monoisotopic (exact) mass is 308 g/mol. The molecule has 0 radical (unpaired) electrons. The topological polar surface area (TPSA) is 55.1 Å². The van der Waals surface area contributed by atoms with Gasteiger partial charge in [0.05, 0.1) is 6.04 Å². The molecule has 3 N–H and O–H groups in total. The highest BCUT2D eigenvalue weighted by molar-refractivity contribution is 7.98. The lowest BCUT2D eigenvalue weighted by molar-refractivity contribution is -0.122. The number of thioether (sulfide) groups is 1. The highest BCUT2D eigenvalue weighted by atomic mass is 35.5. The standard InChI is InChI=1S/C14H28N2OS.ClH/c1-18-11-9-13(15)14(17)16-10-5-8-12-6-3-2-4-7-12;/h12-13H,2-11,15H2,1H3,(H,16,17);1H/t13-;/m0./s1. The van der Waals surface area contributed by atoms with E-state index in [9.17, 15) is 4.79 Å². The summed E-state index contributed by atoms with van der Waals surface area (Å²) in [6.45, 7) is 0.794. The molecule has 3 nitrogen and oxygen atoms in total. The van der Waals surface area contributed by atoms with Gasteiger partial charge in [0.25, 0.3) is 0 Å². The molecule has 114 valence electrons. The van der Waals surface area contributed by atoms with Crippen molar-refractivity contribution in [3.05, 3.63) is 0 Å². The number of nitrogens with one attached hydrogen (secondary N) is 1. The number of amides is 1. The van der Waals surface area contributed by atoms with Gasteiger partial charge in [0, 0.05) is 6.54 Å². The second kappa shape index (κ2) is 11.9. The van der Waals surface area contributed by atoms with Gasteiger partial charge in [-0.1, -0.05) is 32.1 Å². The third-order valence-corrected chi connectivity index (χ3v) is 4.43. The first kappa shape index (κ1) is 19.1. The summed E-state index contributed by atoms with van der Waals surface area (Å²) in [5.74, 6) is 1.88. The van der Waals surface area contributed by atoms with E-state index in [0.717, 1.165) is 31.1 Å². The van der Waals surface area contributed by atoms with Crippen molar-refractivity contribution >= 4 is 30.1 Å². The summed E-state index contributed by atoms with van der Waals surface area (Å²) in [6, 6.07) is -0.327. The maximum Gasteiger partial charge on any atom is 0.236 e. The van der Waals surface area contributed by atoms with Gasteiger partial charge >= 0.3 is 0 Å². The molecule has 1 amide bonds. The summed E-state index contributed by atoms with van der Waals surface area (Å²) >= 11 is 1.73. The zero-order valence-corrected chi connectivity index (χ0v) is 13.7. The van der Waals surface area contributed by atoms with E-state index in [1.165, 1.54) is 38.5 Å². The van der Waals surface area contributed by atoms with Crippen molar-refractivity contribution in [2.24, 2.45) is 11.7 Å². The fourth-order valence-corrected chi connectivity index (χ4v) is 3.07. The van der Waals surface area contributed by atoms with Gasteiger partial charge in [-0.2, -0.15) is 11.8 Å². The lowest BCUT2D eigenvalue weighted by atomic mass is 9.86. The summed E-state index contributed by atoms with van der Waals surface area (Å²) in [7, 11) is 0. The van der Waals surface area contributed by atoms with Crippen LogP contribution in [0.2, 0.25) is 0 Å². The van der Waals surface area contributed by atoms with E-state index >= 15 is 0 Å². The minimum Gasteiger partial charge on any atom is -0.355 e. The second-order valence-corrected chi connectivity index (χ2v) is 6.31. The fraction of sp³-hybridized carbons (Fsp3) is 0.929. The SMILES string of the molecule is CSCC[C@H](N)C(=O)NCCCC1CCCCC1.Cl. The van der Waals surface area contributed by atoms with Crippen LogP contribution >= 0.6 is 24.2 Å². The molecule has 0 aliphatic heterocycles. The molecule has 19 heavy (non-hydrogen) atoms. The third kappa shape index (κ3) is 8.77. The van der Waals surface area contributed by atoms with Gasteiger partial charge in [0.1, 0.15) is 0 Å². The van der Waals surface area contributed by atoms with E-state index < -0.39 is 0 Å². The molecule has 0 bridgehead atoms. The van der Waals surface area contributed by atoms with Crippen molar-refractivity contribution in [2.45, 2.75) is 57.4 Å². The number of hydrogen-bond donors (Lipinski definition) is 2. The Kier molecular flexibility index (Phi) is 11.9. The Hall–Kier alpha value is 0.0700. The molecule has 1 atom stereocenters. The normalized spacial score (nSPS) is 17.6. The van der Waals surface area contributed by atoms with E-state index in [-0.39, 0.29) is 24.4 Å². The number of nitrogens with two attached hydrogens (primary N) is 1. The Labute approximate surface area is 128 Å². The Bertz CT molecular complexity index is 235. The number of carbonyl (C=O) groups excluding carboxylic acids is 1. The van der Waals surface area contributed by atoms with Gasteiger partial charge in [0.15, 0.2) is 0 Å². The summed E-state index contributed by atoms with van der Waals surface area (Å²) in [5, 5.41) is 2.96. The Morgan fingerprint density at radius 2 is 2.05 bits per heavy atom. The number of rotatable bonds is 8. The molecule has 1 fully saturated rings. The molecular formula is C14H29ClN2OS. The average molecular weight is 309 g/mol. The molecule has 5 heteroatoms. The van der Waals surface area contributed by atoms with Gasteiger partial charge in [-0.05, 0) is 37.2 Å². The Morgan fingerprint density at radius 3 is 2.68 bits per heavy atom. The first-order chi connectivity index (χ1) is 8.74. The largest absolute Gasteiger partial charge is 0.355 e. The van der Waals surface area contributed by atoms with Crippen molar-refractivity contribution in [1.29, 1.82) is 0 Å². The van der Waals surface area contributed by atoms with Gasteiger partial charge in [-0.3, -0.25) is 4.79 Å². The van der Waals surface area contributed by atoms with Gasteiger partial charge in [0.2, 0.25) is 5.91 Å². The van der Waals surface area contributed by atoms with Crippen LogP contribution in [0.3, 0.4) is 0 Å². The van der Waals surface area contributed by atoms with Crippen LogP contribution in [0.4, 0.5) is 0 Å². The van der Waals surface area contributed by atoms with Gasteiger partial charge in [-0.15, -0.1) is 12.4 Å². The van der Waals surface area contributed by atoms with Crippen molar-refractivity contribution in [1.82, 2.24) is 5.32 Å². The number of halogens is 1. The fourth-order valence-electron chi connectivity index (χ4n) is 2.59. The first-order valence-electron chi connectivity index (χ1n) is 7.26. The van der Waals surface area contributed by atoms with E-state index in [2.05, 4.69) is 5.32 Å². The van der Waals surface area contributed by atoms with Crippen molar-refractivity contribution in [2.75, 3.05) is 18.6 Å². The molecule has 1 aliphatic carbocycles. The van der Waals surface area contributed by atoms with Crippen LogP contribution in [0.25, 0.3) is 0 Å². The lowest BCUT2D eigenvalue weighted by Crippen LogP contribution is -2.41. The van der Waals surface area contributed by atoms with Crippen LogP contribution < -0.4 is 11.1 Å². The number of carbonyl (C=O) groups is 1. The molecule has 0 aromatic heterocycles. The minimum atomic E-state index is -0.327. The highest BCUT2D eigenvalue weighted by Crippen LogP contribution is 2.26. The van der Waals surface area contributed by atoms with Crippen molar-refractivity contribution in [3.63, 3.8) is 0 Å². The van der Waals surface area contributed by atoms with Crippen LogP contribution in [0.5, 0.6) is 0 Å². The van der Waals surface area contributed by atoms with Crippen LogP contribution in [0.1, 0.15) is 51.4 Å². The molecule has 0 saturated heterocycles. The van der Waals surface area contributed by atoms with Crippen LogP contribution in [-0.2, 0) is 4.79 Å². The molecule has 1 aliphatic rings. The Morgan fingerprint density at radius 1 is 1.37 bits per heavy atom. The minimum absolute atomic E-state index is 0. The predicted molar refractivity (Wildman–Crippen MR) is 87.0 cm³/mol. The average Bonchev–Trinajstić information content (AvgIpc) is 2.41. The zero-order valence-electron chi connectivity index (χ0n) is 12.0. The maximum atomic E-state index is 11.7. The molecule has 0 unspecified atom stereocenters. The quantitative estimate of drug-likeness (QED) is 0.678. The molecule has 1 saturated carbocycles. The summed E-state index contributed by atoms with van der Waals surface area (Å²) < 4.78 is 0. The summed E-state index contributed by atoms with van der Waals surface area (Å²) in [4.78, 5) is 11.7. The zero-order chi connectivity index (χ0) is 13.2. The smallest absolute Gasteiger partial charge is 0.236 e. The molecule has 0 aromatic carbocycles. The van der Waals surface area contributed by atoms with Crippen molar-refractivity contribution < 1.29 is 4.79 Å².